The van der Waals surface area contributed by atoms with Crippen molar-refractivity contribution >= 4 is 43.8 Å². The quantitative estimate of drug-likeness (QED) is 0.0902. The Morgan fingerprint density at radius 1 is 1.00 bits per heavy atom. The summed E-state index contributed by atoms with van der Waals surface area (Å²) in [6, 6.07) is 19.4. The van der Waals surface area contributed by atoms with E-state index >= 15 is 0 Å². The van der Waals surface area contributed by atoms with Gasteiger partial charge < -0.3 is 14.7 Å². The zero-order chi connectivity index (χ0) is 33.6. The van der Waals surface area contributed by atoms with Gasteiger partial charge in [-0.05, 0) is 113 Å². The van der Waals surface area contributed by atoms with E-state index in [-0.39, 0.29) is 29.4 Å². The second-order valence-electron chi connectivity index (χ2n) is 10.9. The highest BCUT2D eigenvalue weighted by Gasteiger charge is 2.35. The van der Waals surface area contributed by atoms with E-state index in [1.807, 2.05) is 37.3 Å². The van der Waals surface area contributed by atoms with Crippen LogP contribution in [0.25, 0.3) is 17.2 Å². The van der Waals surface area contributed by atoms with Crippen molar-refractivity contribution < 1.29 is 40.8 Å². The number of esters is 1. The number of fused-ring (bicyclic) bond motifs is 1. The largest absolute Gasteiger partial charge is 0.465 e. The summed E-state index contributed by atoms with van der Waals surface area (Å²) in [5.74, 6) is -1.22. The van der Waals surface area contributed by atoms with E-state index < -0.39 is 43.3 Å². The van der Waals surface area contributed by atoms with Crippen molar-refractivity contribution in [2.24, 2.45) is 0 Å². The first-order valence-electron chi connectivity index (χ1n) is 14.9. The van der Waals surface area contributed by atoms with Gasteiger partial charge in [0.15, 0.2) is 0 Å². The van der Waals surface area contributed by atoms with Crippen LogP contribution in [0.5, 0.6) is 5.88 Å². The number of halogens is 1. The summed E-state index contributed by atoms with van der Waals surface area (Å²) < 4.78 is 67.1. The van der Waals surface area contributed by atoms with Gasteiger partial charge >= 0.3 is 16.9 Å². The maximum atomic E-state index is 14.2. The van der Waals surface area contributed by atoms with E-state index in [1.165, 1.54) is 36.4 Å². The Balaban J connectivity index is 1.10. The van der Waals surface area contributed by atoms with E-state index in [4.69, 9.17) is 9.47 Å². The second-order valence-corrected chi connectivity index (χ2v) is 14.1. The predicted molar refractivity (Wildman–Crippen MR) is 173 cm³/mol. The SMILES string of the molecule is CC1=C(CC(=O)OCCCCCCOc2no[n+]([O-])c2S(=O)(=O)c2ccccc2)c2cc(F)ccc2/C1=C\c1ccc(S(C)=O)cc1. The van der Waals surface area contributed by atoms with Gasteiger partial charge in [0.1, 0.15) is 5.82 Å². The molecular weight excluding hydrogens is 648 g/mol. The lowest BCUT2D eigenvalue weighted by atomic mass is 10.0. The number of hydrogen-bond acceptors (Lipinski definition) is 9. The number of unbranched alkanes of at least 4 members (excludes halogenated alkanes) is 3. The maximum Gasteiger partial charge on any atom is 0.414 e. The third kappa shape index (κ3) is 7.86. The first kappa shape index (κ1) is 33.7. The number of rotatable bonds is 14. The van der Waals surface area contributed by atoms with Crippen LogP contribution in [0.15, 0.2) is 97.8 Å². The minimum absolute atomic E-state index is 0.00709. The summed E-state index contributed by atoms with van der Waals surface area (Å²) >= 11 is 0. The molecule has 0 aliphatic heterocycles. The monoisotopic (exact) mass is 680 g/mol. The molecule has 0 N–H and O–H groups in total. The van der Waals surface area contributed by atoms with Gasteiger partial charge in [-0.15, -0.1) is 0 Å². The van der Waals surface area contributed by atoms with Crippen molar-refractivity contribution in [2.75, 3.05) is 19.5 Å². The molecule has 1 atom stereocenters. The molecule has 0 saturated heterocycles. The Labute approximate surface area is 274 Å². The molecule has 0 bridgehead atoms. The molecule has 1 unspecified atom stereocenters. The molecule has 1 aliphatic carbocycles. The summed E-state index contributed by atoms with van der Waals surface area (Å²) in [7, 11) is -5.27. The van der Waals surface area contributed by atoms with E-state index in [2.05, 4.69) is 9.79 Å². The van der Waals surface area contributed by atoms with Crippen LogP contribution >= 0.6 is 0 Å². The first-order chi connectivity index (χ1) is 22.6. The molecule has 4 aromatic rings. The smallest absolute Gasteiger partial charge is 0.414 e. The molecule has 246 valence electrons. The van der Waals surface area contributed by atoms with E-state index in [0.717, 1.165) is 27.2 Å². The van der Waals surface area contributed by atoms with Crippen molar-refractivity contribution in [3.05, 3.63) is 106 Å². The van der Waals surface area contributed by atoms with Gasteiger partial charge in [0, 0.05) is 22.0 Å². The summed E-state index contributed by atoms with van der Waals surface area (Å²) in [5.41, 5.74) is 4.84. The van der Waals surface area contributed by atoms with E-state index in [9.17, 15) is 27.0 Å². The molecule has 0 spiro atoms. The van der Waals surface area contributed by atoms with Crippen LogP contribution in [0, 0.1) is 11.0 Å². The average molecular weight is 681 g/mol. The second kappa shape index (κ2) is 14.9. The molecule has 10 nitrogen and oxygen atoms in total. The Morgan fingerprint density at radius 3 is 2.40 bits per heavy atom. The lowest BCUT2D eigenvalue weighted by Crippen LogP contribution is -2.30. The normalized spacial score (nSPS) is 14.3. The topological polar surface area (TPSA) is 140 Å². The number of hydrogen-bond donors (Lipinski definition) is 0. The van der Waals surface area contributed by atoms with Gasteiger partial charge in [0.25, 0.3) is 9.84 Å². The fourth-order valence-electron chi connectivity index (χ4n) is 5.25. The highest BCUT2D eigenvalue weighted by atomic mass is 32.2. The summed E-state index contributed by atoms with van der Waals surface area (Å²) in [6.07, 6.45) is 6.11. The van der Waals surface area contributed by atoms with Crippen LogP contribution in [0.2, 0.25) is 0 Å². The molecule has 1 heterocycles. The standard InChI is InChI=1S/C34H33FN2O8S2/c1-23-29(20-24-12-15-26(16-13-24)46(2)40)28-17-14-25(35)21-31(28)30(23)22-32(38)43-18-8-3-4-9-19-44-33-34(37(39)45-36-33)47(41,42)27-10-6-5-7-11-27/h5-7,10-17,20-21H,3-4,8-9,18-19,22H2,1-2H3/b29-20-. The molecule has 3 aromatic carbocycles. The van der Waals surface area contributed by atoms with Gasteiger partial charge in [-0.25, -0.2) is 12.8 Å². The third-order valence-corrected chi connectivity index (χ3v) is 10.4. The Bertz CT molecular complexity index is 1950. The number of ether oxygens (including phenoxy) is 2. The number of carbonyl (C=O) groups excluding carboxylic acids is 1. The van der Waals surface area contributed by atoms with Gasteiger partial charge in [-0.2, -0.15) is 0 Å². The van der Waals surface area contributed by atoms with Gasteiger partial charge in [-0.1, -0.05) is 36.4 Å². The Hall–Kier alpha value is -4.62. The predicted octanol–water partition coefficient (Wildman–Crippen LogP) is 5.92. The Morgan fingerprint density at radius 2 is 1.70 bits per heavy atom. The fraction of sp³-hybridized carbons (Fsp3) is 0.265. The van der Waals surface area contributed by atoms with Crippen LogP contribution < -0.4 is 9.64 Å². The van der Waals surface area contributed by atoms with E-state index in [0.29, 0.717) is 36.8 Å². The highest BCUT2D eigenvalue weighted by Crippen LogP contribution is 2.44. The van der Waals surface area contributed by atoms with Crippen molar-refractivity contribution in [3.63, 3.8) is 0 Å². The van der Waals surface area contributed by atoms with Crippen molar-refractivity contribution in [1.82, 2.24) is 5.16 Å². The van der Waals surface area contributed by atoms with Crippen LogP contribution in [0.4, 0.5) is 4.39 Å². The molecule has 0 saturated carbocycles. The van der Waals surface area contributed by atoms with Crippen LogP contribution in [-0.2, 0) is 30.2 Å². The molecule has 13 heteroatoms. The van der Waals surface area contributed by atoms with Crippen LogP contribution in [0.3, 0.4) is 0 Å². The third-order valence-electron chi connectivity index (χ3n) is 7.69. The van der Waals surface area contributed by atoms with Gasteiger partial charge in [0.2, 0.25) is 0 Å². The summed E-state index contributed by atoms with van der Waals surface area (Å²) in [5, 5.41) is 14.7. The van der Waals surface area contributed by atoms with Crippen molar-refractivity contribution in [2.45, 2.75) is 53.8 Å². The number of sulfone groups is 1. The van der Waals surface area contributed by atoms with Crippen LogP contribution in [0.1, 0.15) is 55.7 Å². The number of benzene rings is 3. The highest BCUT2D eigenvalue weighted by molar-refractivity contribution is 7.91. The van der Waals surface area contributed by atoms with Crippen molar-refractivity contribution in [1.29, 1.82) is 0 Å². The number of nitrogens with zero attached hydrogens (tertiary/aromatic N) is 2. The zero-order valence-electron chi connectivity index (χ0n) is 25.8. The minimum Gasteiger partial charge on any atom is -0.465 e. The molecule has 0 amide bonds. The van der Waals surface area contributed by atoms with E-state index in [1.54, 1.807) is 18.4 Å². The lowest BCUT2D eigenvalue weighted by Gasteiger charge is -2.08. The zero-order valence-corrected chi connectivity index (χ0v) is 27.4. The summed E-state index contributed by atoms with van der Waals surface area (Å²) in [6.45, 7) is 2.21. The molecule has 5 rings (SSSR count). The molecule has 1 aromatic heterocycles. The molecule has 0 fully saturated rings. The Kier molecular flexibility index (Phi) is 10.7. The molecule has 47 heavy (non-hydrogen) atoms. The van der Waals surface area contributed by atoms with Crippen molar-refractivity contribution in [3.8, 4) is 5.88 Å². The number of carbonyl (C=O) groups is 1. The van der Waals surface area contributed by atoms with Gasteiger partial charge in [-0.3, -0.25) is 13.6 Å². The first-order valence-corrected chi connectivity index (χ1v) is 17.9. The fourth-order valence-corrected chi connectivity index (χ4v) is 7.07. The average Bonchev–Trinajstić information content (AvgIpc) is 3.55. The summed E-state index contributed by atoms with van der Waals surface area (Å²) in [4.78, 5) is 13.3. The number of allylic oxidation sites excluding steroid dienone is 2. The minimum atomic E-state index is -4.19. The van der Waals surface area contributed by atoms with Crippen LogP contribution in [-0.4, -0.2) is 43.2 Å². The maximum absolute atomic E-state index is 14.2. The molecular formula is C34H33FN2O8S2. The van der Waals surface area contributed by atoms with Gasteiger partial charge in [0.05, 0.1) is 29.7 Å². The lowest BCUT2D eigenvalue weighted by molar-refractivity contribution is -0.832. The molecule has 1 aliphatic rings. The number of aromatic nitrogens is 2. The molecule has 0 radical (unpaired) electrons.